The summed E-state index contributed by atoms with van der Waals surface area (Å²) in [6, 6.07) is 1.94. The SMILES string of the molecule is Cc1ncc(CC(=O)Nc2cc([C@@H]3CC[C@H](OC(=O)N[C@H]4CC[C@@H](O)CC4)C3)[nH]n2)s1. The second kappa shape index (κ2) is 9.78. The van der Waals surface area contributed by atoms with E-state index in [4.69, 9.17) is 4.74 Å². The molecule has 2 aromatic heterocycles. The molecular weight excluding hydrogens is 418 g/mol. The second-order valence-electron chi connectivity index (χ2n) is 8.47. The van der Waals surface area contributed by atoms with Crippen LogP contribution in [0, 0.1) is 6.92 Å². The first-order valence-corrected chi connectivity index (χ1v) is 11.7. The van der Waals surface area contributed by atoms with Crippen LogP contribution < -0.4 is 10.6 Å². The zero-order valence-electron chi connectivity index (χ0n) is 17.6. The molecule has 2 aliphatic carbocycles. The minimum Gasteiger partial charge on any atom is -0.446 e. The van der Waals surface area contributed by atoms with E-state index in [-0.39, 0.29) is 42.6 Å². The zero-order valence-corrected chi connectivity index (χ0v) is 18.4. The van der Waals surface area contributed by atoms with Crippen molar-refractivity contribution < 1.29 is 19.4 Å². The molecule has 0 unspecified atom stereocenters. The first kappa shape index (κ1) is 21.8. The number of carbonyl (C=O) groups is 2. The predicted molar refractivity (Wildman–Crippen MR) is 116 cm³/mol. The van der Waals surface area contributed by atoms with Gasteiger partial charge in [-0.2, -0.15) is 5.10 Å². The molecule has 31 heavy (non-hydrogen) atoms. The second-order valence-corrected chi connectivity index (χ2v) is 9.79. The van der Waals surface area contributed by atoms with Crippen molar-refractivity contribution >= 4 is 29.2 Å². The van der Waals surface area contributed by atoms with E-state index in [9.17, 15) is 14.7 Å². The number of aryl methyl sites for hydroxylation is 1. The van der Waals surface area contributed by atoms with E-state index in [2.05, 4.69) is 25.8 Å². The molecule has 2 fully saturated rings. The molecule has 2 amide bonds. The Balaban J connectivity index is 1.21. The topological polar surface area (TPSA) is 129 Å². The van der Waals surface area contributed by atoms with Gasteiger partial charge in [-0.05, 0) is 51.9 Å². The summed E-state index contributed by atoms with van der Waals surface area (Å²) < 4.78 is 5.61. The van der Waals surface area contributed by atoms with Crippen LogP contribution in [0.15, 0.2) is 12.3 Å². The van der Waals surface area contributed by atoms with Gasteiger partial charge in [-0.25, -0.2) is 9.78 Å². The molecule has 0 bridgehead atoms. The highest BCUT2D eigenvalue weighted by molar-refractivity contribution is 7.11. The number of alkyl carbamates (subject to hydrolysis) is 1. The van der Waals surface area contributed by atoms with Crippen LogP contribution >= 0.6 is 11.3 Å². The highest BCUT2D eigenvalue weighted by atomic mass is 32.1. The highest BCUT2D eigenvalue weighted by Gasteiger charge is 2.31. The van der Waals surface area contributed by atoms with Gasteiger partial charge < -0.3 is 20.5 Å². The van der Waals surface area contributed by atoms with Crippen LogP contribution in [-0.4, -0.2) is 50.5 Å². The summed E-state index contributed by atoms with van der Waals surface area (Å²) in [5.74, 6) is 0.592. The molecule has 0 radical (unpaired) electrons. The quantitative estimate of drug-likeness (QED) is 0.539. The normalized spacial score (nSPS) is 25.9. The number of H-pyrrole nitrogens is 1. The molecule has 10 heteroatoms. The number of nitrogens with one attached hydrogen (secondary N) is 3. The number of aromatic nitrogens is 3. The number of aromatic amines is 1. The third-order valence-electron chi connectivity index (χ3n) is 5.99. The molecule has 9 nitrogen and oxygen atoms in total. The molecule has 4 rings (SSSR count). The maximum absolute atomic E-state index is 12.2. The molecule has 2 aromatic rings. The molecule has 0 spiro atoms. The lowest BCUT2D eigenvalue weighted by Crippen LogP contribution is -2.40. The summed E-state index contributed by atoms with van der Waals surface area (Å²) in [4.78, 5) is 29.5. The molecular formula is C21H29N5O4S. The van der Waals surface area contributed by atoms with E-state index in [1.165, 1.54) is 11.3 Å². The van der Waals surface area contributed by atoms with Crippen molar-refractivity contribution in [3.8, 4) is 0 Å². The van der Waals surface area contributed by atoms with Gasteiger partial charge in [0.2, 0.25) is 5.91 Å². The van der Waals surface area contributed by atoms with Gasteiger partial charge in [0.25, 0.3) is 0 Å². The number of aliphatic hydroxyl groups excluding tert-OH is 1. The lowest BCUT2D eigenvalue weighted by atomic mass is 9.93. The molecule has 0 aromatic carbocycles. The van der Waals surface area contributed by atoms with E-state index in [0.717, 1.165) is 60.5 Å². The van der Waals surface area contributed by atoms with Gasteiger partial charge in [-0.3, -0.25) is 9.89 Å². The van der Waals surface area contributed by atoms with Crippen LogP contribution in [-0.2, 0) is 16.0 Å². The average molecular weight is 448 g/mol. The third kappa shape index (κ3) is 6.04. The first-order valence-electron chi connectivity index (χ1n) is 10.9. The van der Waals surface area contributed by atoms with Crippen molar-refractivity contribution in [2.75, 3.05) is 5.32 Å². The van der Waals surface area contributed by atoms with Gasteiger partial charge in [0.15, 0.2) is 5.82 Å². The van der Waals surface area contributed by atoms with E-state index in [1.54, 1.807) is 6.20 Å². The van der Waals surface area contributed by atoms with Crippen molar-refractivity contribution in [3.05, 3.63) is 27.8 Å². The summed E-state index contributed by atoms with van der Waals surface area (Å²) in [6.07, 6.45) is 6.69. The Morgan fingerprint density at radius 3 is 2.81 bits per heavy atom. The molecule has 4 N–H and O–H groups in total. The average Bonchev–Trinajstić information content (AvgIpc) is 3.45. The molecule has 2 saturated carbocycles. The zero-order chi connectivity index (χ0) is 21.8. The van der Waals surface area contributed by atoms with Gasteiger partial charge in [-0.15, -0.1) is 11.3 Å². The number of amides is 2. The molecule has 0 saturated heterocycles. The van der Waals surface area contributed by atoms with Gasteiger partial charge >= 0.3 is 6.09 Å². The van der Waals surface area contributed by atoms with E-state index in [1.807, 2.05) is 13.0 Å². The molecule has 168 valence electrons. The number of ether oxygens (including phenoxy) is 1. The highest BCUT2D eigenvalue weighted by Crippen LogP contribution is 2.36. The first-order chi connectivity index (χ1) is 14.9. The smallest absolute Gasteiger partial charge is 0.407 e. The Morgan fingerprint density at radius 1 is 1.26 bits per heavy atom. The van der Waals surface area contributed by atoms with Crippen LogP contribution in [0.1, 0.15) is 66.4 Å². The fraction of sp³-hybridized carbons (Fsp3) is 0.619. The lowest BCUT2D eigenvalue weighted by molar-refractivity contribution is -0.115. The maximum atomic E-state index is 12.2. The van der Waals surface area contributed by atoms with Crippen LogP contribution in [0.5, 0.6) is 0 Å². The van der Waals surface area contributed by atoms with Crippen LogP contribution in [0.2, 0.25) is 0 Å². The summed E-state index contributed by atoms with van der Waals surface area (Å²) in [7, 11) is 0. The third-order valence-corrected chi connectivity index (χ3v) is 6.90. The van der Waals surface area contributed by atoms with Crippen molar-refractivity contribution in [3.63, 3.8) is 0 Å². The number of hydrogen-bond acceptors (Lipinski definition) is 7. The van der Waals surface area contributed by atoms with Crippen molar-refractivity contribution in [2.24, 2.45) is 0 Å². The Hall–Kier alpha value is -2.46. The lowest BCUT2D eigenvalue weighted by Gasteiger charge is -2.26. The molecule has 2 heterocycles. The summed E-state index contributed by atoms with van der Waals surface area (Å²) in [6.45, 7) is 1.91. The van der Waals surface area contributed by atoms with Crippen molar-refractivity contribution in [1.82, 2.24) is 20.5 Å². The van der Waals surface area contributed by atoms with Crippen molar-refractivity contribution in [2.45, 2.75) is 82.5 Å². The van der Waals surface area contributed by atoms with Crippen LogP contribution in [0.25, 0.3) is 0 Å². The minimum absolute atomic E-state index is 0.0840. The Kier molecular flexibility index (Phi) is 6.86. The standard InChI is InChI=1S/C21H29N5O4S/c1-12-22-11-17(31-12)9-20(28)24-19-10-18(25-26-19)13-2-7-16(8-13)30-21(29)23-14-3-5-15(27)6-4-14/h10-11,13-16,27H,2-9H2,1H3,(H,23,29)(H2,24,25,26,28)/t13-,14-,15+,16+/m1/s1. The number of thiazole rings is 1. The Bertz CT molecular complexity index is 905. The fourth-order valence-electron chi connectivity index (χ4n) is 4.34. The fourth-order valence-corrected chi connectivity index (χ4v) is 5.14. The Labute approximate surface area is 185 Å². The van der Waals surface area contributed by atoms with E-state index < -0.39 is 0 Å². The van der Waals surface area contributed by atoms with E-state index >= 15 is 0 Å². The Morgan fingerprint density at radius 2 is 2.06 bits per heavy atom. The number of rotatable bonds is 6. The monoisotopic (exact) mass is 447 g/mol. The summed E-state index contributed by atoms with van der Waals surface area (Å²) in [5, 5.41) is 23.5. The minimum atomic E-state index is -0.372. The number of hydrogen-bond donors (Lipinski definition) is 4. The molecule has 2 aliphatic rings. The van der Waals surface area contributed by atoms with Gasteiger partial charge in [-0.1, -0.05) is 0 Å². The van der Waals surface area contributed by atoms with Gasteiger partial charge in [0, 0.05) is 34.8 Å². The van der Waals surface area contributed by atoms with Gasteiger partial charge in [0.05, 0.1) is 17.5 Å². The number of nitrogens with zero attached hydrogens (tertiary/aromatic N) is 2. The van der Waals surface area contributed by atoms with Crippen LogP contribution in [0.4, 0.5) is 10.6 Å². The number of anilines is 1. The molecule has 2 atom stereocenters. The predicted octanol–water partition coefficient (Wildman–Crippen LogP) is 3.02. The number of carbonyl (C=O) groups excluding carboxylic acids is 2. The van der Waals surface area contributed by atoms with Crippen molar-refractivity contribution in [1.29, 1.82) is 0 Å². The van der Waals surface area contributed by atoms with E-state index in [0.29, 0.717) is 5.82 Å². The van der Waals surface area contributed by atoms with Gasteiger partial charge in [0.1, 0.15) is 6.10 Å². The number of aliphatic hydroxyl groups is 1. The largest absolute Gasteiger partial charge is 0.446 e. The maximum Gasteiger partial charge on any atom is 0.407 e. The van der Waals surface area contributed by atoms with Crippen LogP contribution in [0.3, 0.4) is 0 Å². The summed E-state index contributed by atoms with van der Waals surface area (Å²) in [5.41, 5.74) is 0.941. The summed E-state index contributed by atoms with van der Waals surface area (Å²) >= 11 is 1.51. The molecule has 0 aliphatic heterocycles.